The maximum absolute atomic E-state index is 9.91. The summed E-state index contributed by atoms with van der Waals surface area (Å²) in [6.07, 6.45) is 2.27. The lowest BCUT2D eigenvalue weighted by molar-refractivity contribution is 0.481. The molecule has 0 radical (unpaired) electrons. The third kappa shape index (κ3) is 3.40. The molecular formula is C19H18OS. The smallest absolute Gasteiger partial charge is 0.123 e. The molecule has 0 saturated carbocycles. The second-order valence-electron chi connectivity index (χ2n) is 5.07. The Kier molecular flexibility index (Phi) is 4.46. The lowest BCUT2D eigenvalue weighted by Crippen LogP contribution is -1.88. The molecule has 0 atom stereocenters. The Labute approximate surface area is 129 Å². The van der Waals surface area contributed by atoms with Gasteiger partial charge in [-0.2, -0.15) is 0 Å². The predicted molar refractivity (Wildman–Crippen MR) is 91.1 cm³/mol. The number of fused-ring (bicyclic) bond motifs is 1. The molecule has 3 aromatic rings. The number of aromatic hydroxyl groups is 1. The zero-order chi connectivity index (χ0) is 14.5. The normalized spacial score (nSPS) is 10.9. The van der Waals surface area contributed by atoms with Crippen LogP contribution in [0.2, 0.25) is 0 Å². The van der Waals surface area contributed by atoms with Crippen molar-refractivity contribution in [1.29, 1.82) is 0 Å². The molecule has 0 unspecified atom stereocenters. The maximum atomic E-state index is 9.91. The van der Waals surface area contributed by atoms with Crippen LogP contribution in [0.3, 0.4) is 0 Å². The summed E-state index contributed by atoms with van der Waals surface area (Å²) in [5, 5.41) is 12.0. The Hall–Kier alpha value is -1.93. The van der Waals surface area contributed by atoms with Gasteiger partial charge in [-0.1, -0.05) is 54.6 Å². The van der Waals surface area contributed by atoms with Crippen LogP contribution in [0.25, 0.3) is 10.8 Å². The van der Waals surface area contributed by atoms with Crippen molar-refractivity contribution in [1.82, 2.24) is 0 Å². The fraction of sp³-hybridized carbons (Fsp3) is 0.158. The Morgan fingerprint density at radius 1 is 0.762 bits per heavy atom. The van der Waals surface area contributed by atoms with Gasteiger partial charge in [0, 0.05) is 10.3 Å². The molecule has 0 bridgehead atoms. The summed E-state index contributed by atoms with van der Waals surface area (Å²) in [6, 6.07) is 22.5. The molecule has 0 spiro atoms. The van der Waals surface area contributed by atoms with Crippen molar-refractivity contribution in [2.45, 2.75) is 17.7 Å². The van der Waals surface area contributed by atoms with E-state index in [1.165, 1.54) is 10.5 Å². The first kappa shape index (κ1) is 14.0. The summed E-state index contributed by atoms with van der Waals surface area (Å²) in [4.78, 5) is 1.25. The van der Waals surface area contributed by atoms with Crippen LogP contribution in [0.1, 0.15) is 12.0 Å². The minimum absolute atomic E-state index is 0.360. The van der Waals surface area contributed by atoms with E-state index in [0.29, 0.717) is 5.75 Å². The van der Waals surface area contributed by atoms with E-state index in [1.54, 1.807) is 6.07 Å². The van der Waals surface area contributed by atoms with Gasteiger partial charge in [0.05, 0.1) is 0 Å². The molecule has 0 aliphatic heterocycles. The molecule has 0 amide bonds. The van der Waals surface area contributed by atoms with E-state index in [4.69, 9.17) is 0 Å². The van der Waals surface area contributed by atoms with Gasteiger partial charge in [-0.3, -0.25) is 0 Å². The molecule has 0 heterocycles. The van der Waals surface area contributed by atoms with E-state index in [-0.39, 0.29) is 0 Å². The van der Waals surface area contributed by atoms with Crippen molar-refractivity contribution in [3.63, 3.8) is 0 Å². The number of aryl methyl sites for hydroxylation is 1. The van der Waals surface area contributed by atoms with Gasteiger partial charge < -0.3 is 5.11 Å². The highest BCUT2D eigenvalue weighted by molar-refractivity contribution is 7.99. The number of benzene rings is 3. The van der Waals surface area contributed by atoms with Crippen molar-refractivity contribution in [3.05, 3.63) is 72.3 Å². The lowest BCUT2D eigenvalue weighted by Gasteiger charge is -2.08. The van der Waals surface area contributed by atoms with Gasteiger partial charge in [0.15, 0.2) is 0 Å². The minimum Gasteiger partial charge on any atom is -0.507 e. The zero-order valence-corrected chi connectivity index (χ0v) is 12.6. The number of phenols is 1. The molecule has 1 N–H and O–H groups in total. The van der Waals surface area contributed by atoms with Crippen LogP contribution in [0.4, 0.5) is 0 Å². The van der Waals surface area contributed by atoms with Crippen LogP contribution in [0, 0.1) is 0 Å². The second-order valence-corrected chi connectivity index (χ2v) is 6.20. The summed E-state index contributed by atoms with van der Waals surface area (Å²) in [7, 11) is 0. The quantitative estimate of drug-likeness (QED) is 0.511. The summed E-state index contributed by atoms with van der Waals surface area (Å²) in [5.41, 5.74) is 1.40. The van der Waals surface area contributed by atoms with Crippen molar-refractivity contribution in [2.24, 2.45) is 0 Å². The molecule has 0 aliphatic rings. The Bertz CT molecular complexity index is 722. The van der Waals surface area contributed by atoms with Gasteiger partial charge in [0.25, 0.3) is 0 Å². The predicted octanol–water partition coefficient (Wildman–Crippen LogP) is 5.27. The highest BCUT2D eigenvalue weighted by atomic mass is 32.2. The van der Waals surface area contributed by atoms with Crippen LogP contribution in [-0.4, -0.2) is 10.9 Å². The van der Waals surface area contributed by atoms with Gasteiger partial charge in [-0.15, -0.1) is 11.8 Å². The maximum Gasteiger partial charge on any atom is 0.123 e. The fourth-order valence-electron chi connectivity index (χ4n) is 2.48. The van der Waals surface area contributed by atoms with Crippen molar-refractivity contribution < 1.29 is 5.11 Å². The van der Waals surface area contributed by atoms with Crippen LogP contribution >= 0.6 is 11.8 Å². The van der Waals surface area contributed by atoms with Gasteiger partial charge >= 0.3 is 0 Å². The van der Waals surface area contributed by atoms with E-state index < -0.39 is 0 Å². The van der Waals surface area contributed by atoms with Gasteiger partial charge in [-0.25, -0.2) is 0 Å². The SMILES string of the molecule is Oc1ccc(SCCCc2ccccc2)c2ccccc12. The van der Waals surface area contributed by atoms with E-state index in [0.717, 1.165) is 29.4 Å². The monoisotopic (exact) mass is 294 g/mol. The van der Waals surface area contributed by atoms with Gasteiger partial charge in [-0.05, 0) is 41.7 Å². The molecule has 0 aromatic heterocycles. The molecule has 3 aromatic carbocycles. The summed E-state index contributed by atoms with van der Waals surface area (Å²) < 4.78 is 0. The molecule has 1 nitrogen and oxygen atoms in total. The Balaban J connectivity index is 1.65. The number of hydrogen-bond acceptors (Lipinski definition) is 2. The average molecular weight is 294 g/mol. The minimum atomic E-state index is 0.360. The van der Waals surface area contributed by atoms with Crippen LogP contribution in [0.15, 0.2) is 71.6 Å². The molecule has 0 fully saturated rings. The first-order valence-corrected chi connectivity index (χ1v) is 8.20. The molecule has 0 aliphatic carbocycles. The molecule has 3 rings (SSSR count). The molecule has 0 saturated heterocycles. The summed E-state index contributed by atoms with van der Waals surface area (Å²) in [5.74, 6) is 1.45. The van der Waals surface area contributed by atoms with E-state index in [9.17, 15) is 5.11 Å². The zero-order valence-electron chi connectivity index (χ0n) is 11.8. The number of thioether (sulfide) groups is 1. The number of phenolic OH excluding ortho intramolecular Hbond substituents is 1. The summed E-state index contributed by atoms with van der Waals surface area (Å²) in [6.45, 7) is 0. The number of rotatable bonds is 5. The topological polar surface area (TPSA) is 20.2 Å². The first-order chi connectivity index (χ1) is 10.3. The largest absolute Gasteiger partial charge is 0.507 e. The van der Waals surface area contributed by atoms with Crippen LogP contribution < -0.4 is 0 Å². The highest BCUT2D eigenvalue weighted by Gasteiger charge is 2.05. The van der Waals surface area contributed by atoms with Crippen molar-refractivity contribution in [3.8, 4) is 5.75 Å². The second kappa shape index (κ2) is 6.68. The average Bonchev–Trinajstić information content (AvgIpc) is 2.55. The first-order valence-electron chi connectivity index (χ1n) is 7.22. The molecular weight excluding hydrogens is 276 g/mol. The fourth-order valence-corrected chi connectivity index (χ4v) is 3.49. The Morgan fingerprint density at radius 2 is 1.48 bits per heavy atom. The third-order valence-electron chi connectivity index (χ3n) is 3.57. The molecule has 106 valence electrons. The van der Waals surface area contributed by atoms with Crippen LogP contribution in [-0.2, 0) is 6.42 Å². The number of hydrogen-bond donors (Lipinski definition) is 1. The molecule has 21 heavy (non-hydrogen) atoms. The highest BCUT2D eigenvalue weighted by Crippen LogP contribution is 2.33. The van der Waals surface area contributed by atoms with E-state index in [2.05, 4.69) is 36.4 Å². The standard InChI is InChI=1S/C19H18OS/c20-18-12-13-19(17-11-5-4-10-16(17)18)21-14-6-9-15-7-2-1-3-8-15/h1-5,7-8,10-13,20H,6,9,14H2. The van der Waals surface area contributed by atoms with E-state index in [1.807, 2.05) is 36.0 Å². The lowest BCUT2D eigenvalue weighted by atomic mass is 10.1. The molecule has 2 heteroatoms. The Morgan fingerprint density at radius 3 is 2.29 bits per heavy atom. The van der Waals surface area contributed by atoms with Crippen molar-refractivity contribution >= 4 is 22.5 Å². The van der Waals surface area contributed by atoms with Gasteiger partial charge in [0.1, 0.15) is 5.75 Å². The third-order valence-corrected chi connectivity index (χ3v) is 4.73. The van der Waals surface area contributed by atoms with Crippen LogP contribution in [0.5, 0.6) is 5.75 Å². The van der Waals surface area contributed by atoms with Gasteiger partial charge in [0.2, 0.25) is 0 Å². The summed E-state index contributed by atoms with van der Waals surface area (Å²) >= 11 is 1.87. The van der Waals surface area contributed by atoms with Crippen molar-refractivity contribution in [2.75, 3.05) is 5.75 Å². The van der Waals surface area contributed by atoms with E-state index >= 15 is 0 Å².